The monoisotopic (exact) mass is 432 g/mol. The van der Waals surface area contributed by atoms with Crippen LogP contribution in [0.2, 0.25) is 10.0 Å². The minimum atomic E-state index is 0.0762. The van der Waals surface area contributed by atoms with Crippen LogP contribution in [0.4, 0.5) is 11.4 Å². The van der Waals surface area contributed by atoms with Crippen LogP contribution in [-0.2, 0) is 6.54 Å². The number of para-hydroxylation sites is 1. The zero-order chi connectivity index (χ0) is 20.1. The highest BCUT2D eigenvalue weighted by Gasteiger charge is 2.17. The van der Waals surface area contributed by atoms with Gasteiger partial charge in [0, 0.05) is 10.7 Å². The van der Waals surface area contributed by atoms with Gasteiger partial charge in [0.15, 0.2) is 16.6 Å². The summed E-state index contributed by atoms with van der Waals surface area (Å²) in [5, 5.41) is 14.6. The normalized spacial score (nSPS) is 10.4. The van der Waals surface area contributed by atoms with E-state index in [2.05, 4.69) is 5.32 Å². The maximum Gasteiger partial charge on any atom is 0.178 e. The largest absolute Gasteiger partial charge is 0.504 e. The molecule has 0 amide bonds. The summed E-state index contributed by atoms with van der Waals surface area (Å²) in [7, 11) is 1.51. The Kier molecular flexibility index (Phi) is 6.62. The van der Waals surface area contributed by atoms with Crippen LogP contribution in [0.5, 0.6) is 11.5 Å². The van der Waals surface area contributed by atoms with E-state index in [4.69, 9.17) is 40.2 Å². The third-order valence-electron chi connectivity index (χ3n) is 4.06. The van der Waals surface area contributed by atoms with E-state index in [0.717, 1.165) is 11.3 Å². The summed E-state index contributed by atoms with van der Waals surface area (Å²) in [6.45, 7) is 0.413. The van der Waals surface area contributed by atoms with Gasteiger partial charge in [0.1, 0.15) is 0 Å². The molecule has 0 aromatic heterocycles. The van der Waals surface area contributed by atoms with Gasteiger partial charge >= 0.3 is 0 Å². The number of benzene rings is 3. The summed E-state index contributed by atoms with van der Waals surface area (Å²) in [4.78, 5) is 1.87. The minimum Gasteiger partial charge on any atom is -0.504 e. The summed E-state index contributed by atoms with van der Waals surface area (Å²) in [6.07, 6.45) is 0. The molecule has 0 saturated carbocycles. The SMILES string of the molecule is COc1cc(CN(C(=S)Nc2ccccc2)c2ccc(Cl)cc2Cl)ccc1O. The van der Waals surface area contributed by atoms with Crippen LogP contribution in [0.3, 0.4) is 0 Å². The highest BCUT2D eigenvalue weighted by Crippen LogP contribution is 2.32. The average molecular weight is 433 g/mol. The Balaban J connectivity index is 1.95. The van der Waals surface area contributed by atoms with Gasteiger partial charge in [0.2, 0.25) is 0 Å². The van der Waals surface area contributed by atoms with Gasteiger partial charge in [-0.3, -0.25) is 0 Å². The van der Waals surface area contributed by atoms with Crippen LogP contribution in [-0.4, -0.2) is 17.3 Å². The molecule has 0 heterocycles. The fourth-order valence-corrected chi connectivity index (χ4v) is 3.47. The number of anilines is 2. The predicted octanol–water partition coefficient (Wildman–Crippen LogP) is 6.11. The van der Waals surface area contributed by atoms with E-state index < -0.39 is 0 Å². The van der Waals surface area contributed by atoms with Gasteiger partial charge in [-0.2, -0.15) is 0 Å². The van der Waals surface area contributed by atoms with Crippen molar-refractivity contribution in [2.45, 2.75) is 6.54 Å². The molecule has 3 rings (SSSR count). The summed E-state index contributed by atoms with van der Waals surface area (Å²) in [5.74, 6) is 0.467. The van der Waals surface area contributed by atoms with Crippen molar-refractivity contribution in [3.05, 3.63) is 82.3 Å². The summed E-state index contributed by atoms with van der Waals surface area (Å²) in [6, 6.07) is 20.1. The van der Waals surface area contributed by atoms with Crippen molar-refractivity contribution in [3.8, 4) is 11.5 Å². The zero-order valence-corrected chi connectivity index (χ0v) is 17.4. The molecule has 0 bridgehead atoms. The molecule has 28 heavy (non-hydrogen) atoms. The molecule has 4 nitrogen and oxygen atoms in total. The summed E-state index contributed by atoms with van der Waals surface area (Å²) >= 11 is 18.2. The number of phenols is 1. The van der Waals surface area contributed by atoms with E-state index in [-0.39, 0.29) is 5.75 Å². The van der Waals surface area contributed by atoms with Crippen molar-refractivity contribution in [2.24, 2.45) is 0 Å². The Morgan fingerprint density at radius 2 is 1.82 bits per heavy atom. The van der Waals surface area contributed by atoms with Crippen molar-refractivity contribution >= 4 is 51.9 Å². The summed E-state index contributed by atoms with van der Waals surface area (Å²) in [5.41, 5.74) is 2.47. The molecule has 0 aliphatic heterocycles. The van der Waals surface area contributed by atoms with Gasteiger partial charge in [-0.25, -0.2) is 0 Å². The molecular formula is C21H18Cl2N2O2S. The topological polar surface area (TPSA) is 44.7 Å². The van der Waals surface area contributed by atoms with Crippen molar-refractivity contribution in [3.63, 3.8) is 0 Å². The van der Waals surface area contributed by atoms with Gasteiger partial charge in [0.05, 0.1) is 24.4 Å². The fourth-order valence-electron chi connectivity index (χ4n) is 2.68. The van der Waals surface area contributed by atoms with Crippen molar-refractivity contribution in [2.75, 3.05) is 17.3 Å². The fraction of sp³-hybridized carbons (Fsp3) is 0.0952. The number of methoxy groups -OCH3 is 1. The van der Waals surface area contributed by atoms with Crippen molar-refractivity contribution in [1.29, 1.82) is 0 Å². The lowest BCUT2D eigenvalue weighted by molar-refractivity contribution is 0.373. The lowest BCUT2D eigenvalue weighted by Crippen LogP contribution is -2.34. The third kappa shape index (κ3) is 4.87. The van der Waals surface area contributed by atoms with Crippen LogP contribution < -0.4 is 15.0 Å². The second-order valence-corrected chi connectivity index (χ2v) is 7.21. The van der Waals surface area contributed by atoms with Crippen LogP contribution >= 0.6 is 35.4 Å². The van der Waals surface area contributed by atoms with Crippen LogP contribution in [0, 0.1) is 0 Å². The number of ether oxygens (including phenoxy) is 1. The molecule has 7 heteroatoms. The lowest BCUT2D eigenvalue weighted by Gasteiger charge is -2.27. The number of phenolic OH excluding ortho intramolecular Hbond substituents is 1. The Labute approximate surface area is 179 Å². The van der Waals surface area contributed by atoms with Crippen LogP contribution in [0.15, 0.2) is 66.7 Å². The molecule has 0 saturated heterocycles. The molecule has 144 valence electrons. The van der Waals surface area contributed by atoms with E-state index >= 15 is 0 Å². The average Bonchev–Trinajstić information content (AvgIpc) is 2.68. The number of hydrogen-bond donors (Lipinski definition) is 2. The standard InChI is InChI=1S/C21H18Cl2N2O2S/c1-27-20-11-14(7-10-19(20)26)13-25(18-9-8-15(22)12-17(18)23)21(28)24-16-5-3-2-4-6-16/h2-12,26H,13H2,1H3,(H,24,28). The van der Waals surface area contributed by atoms with E-state index in [0.29, 0.717) is 33.1 Å². The number of thiocarbonyl (C=S) groups is 1. The number of aromatic hydroxyl groups is 1. The molecule has 0 fully saturated rings. The first-order valence-corrected chi connectivity index (χ1v) is 9.59. The number of halogens is 2. The number of rotatable bonds is 5. The number of nitrogens with one attached hydrogen (secondary N) is 1. The highest BCUT2D eigenvalue weighted by molar-refractivity contribution is 7.80. The minimum absolute atomic E-state index is 0.0762. The third-order valence-corrected chi connectivity index (χ3v) is 4.92. The molecule has 0 spiro atoms. The van der Waals surface area contributed by atoms with Gasteiger partial charge in [-0.15, -0.1) is 0 Å². The van der Waals surface area contributed by atoms with Gasteiger partial charge < -0.3 is 20.1 Å². The Morgan fingerprint density at radius 3 is 2.50 bits per heavy atom. The van der Waals surface area contributed by atoms with Crippen LogP contribution in [0.1, 0.15) is 5.56 Å². The molecule has 3 aromatic carbocycles. The lowest BCUT2D eigenvalue weighted by atomic mass is 10.1. The quantitative estimate of drug-likeness (QED) is 0.476. The second-order valence-electron chi connectivity index (χ2n) is 5.98. The van der Waals surface area contributed by atoms with E-state index in [1.165, 1.54) is 7.11 Å². The van der Waals surface area contributed by atoms with Crippen molar-refractivity contribution < 1.29 is 9.84 Å². The molecular weight excluding hydrogens is 415 g/mol. The molecule has 0 unspecified atom stereocenters. The molecule has 0 aliphatic rings. The molecule has 3 aromatic rings. The first-order valence-electron chi connectivity index (χ1n) is 8.42. The second kappa shape index (κ2) is 9.15. The predicted molar refractivity (Wildman–Crippen MR) is 120 cm³/mol. The maximum atomic E-state index is 9.85. The molecule has 0 aliphatic carbocycles. The van der Waals surface area contributed by atoms with Gasteiger partial charge in [0.25, 0.3) is 0 Å². The highest BCUT2D eigenvalue weighted by atomic mass is 35.5. The Bertz CT molecular complexity index is 983. The van der Waals surface area contributed by atoms with E-state index in [9.17, 15) is 5.11 Å². The summed E-state index contributed by atoms with van der Waals surface area (Å²) < 4.78 is 5.21. The number of nitrogens with zero attached hydrogens (tertiary/aromatic N) is 1. The van der Waals surface area contributed by atoms with Gasteiger partial charge in [-0.05, 0) is 60.2 Å². The first kappa shape index (κ1) is 20.3. The molecule has 0 atom stereocenters. The molecule has 0 radical (unpaired) electrons. The van der Waals surface area contributed by atoms with E-state index in [1.807, 2.05) is 41.3 Å². The first-order chi connectivity index (χ1) is 13.5. The molecule has 2 N–H and O–H groups in total. The Morgan fingerprint density at radius 1 is 1.07 bits per heavy atom. The van der Waals surface area contributed by atoms with Gasteiger partial charge in [-0.1, -0.05) is 47.5 Å². The van der Waals surface area contributed by atoms with Crippen molar-refractivity contribution in [1.82, 2.24) is 0 Å². The smallest absolute Gasteiger partial charge is 0.178 e. The maximum absolute atomic E-state index is 9.85. The van der Waals surface area contributed by atoms with E-state index in [1.54, 1.807) is 30.3 Å². The zero-order valence-electron chi connectivity index (χ0n) is 15.0. The Hall–Kier alpha value is -2.47. The number of hydrogen-bond acceptors (Lipinski definition) is 3. The van der Waals surface area contributed by atoms with Crippen LogP contribution in [0.25, 0.3) is 0 Å².